The van der Waals surface area contributed by atoms with Crippen LogP contribution in [0, 0.1) is 10.1 Å². The number of nitro groups is 1. The van der Waals surface area contributed by atoms with Crippen LogP contribution in [0.4, 0.5) is 11.4 Å². The Morgan fingerprint density at radius 3 is 2.65 bits per heavy atom. The number of hydrogen-bond acceptors (Lipinski definition) is 6. The van der Waals surface area contributed by atoms with E-state index in [0.717, 1.165) is 29.3 Å². The fourth-order valence-corrected chi connectivity index (χ4v) is 4.36. The van der Waals surface area contributed by atoms with Crippen LogP contribution < -0.4 is 15.1 Å². The minimum atomic E-state index is -0.433. The van der Waals surface area contributed by atoms with Gasteiger partial charge in [-0.2, -0.15) is 5.10 Å². The van der Waals surface area contributed by atoms with Crippen LogP contribution in [0.15, 0.2) is 65.8 Å². The molecule has 0 saturated heterocycles. The van der Waals surface area contributed by atoms with E-state index in [1.54, 1.807) is 6.07 Å². The largest absolute Gasteiger partial charge is 0.484 e. The smallest absolute Gasteiger partial charge is 0.277 e. The number of nitrogens with one attached hydrogen (secondary N) is 1. The summed E-state index contributed by atoms with van der Waals surface area (Å²) < 4.78 is 5.59. The molecule has 1 amide bonds. The monoisotopic (exact) mass is 460 g/mol. The summed E-state index contributed by atoms with van der Waals surface area (Å²) in [4.78, 5) is 25.3. The molecule has 8 nitrogen and oxygen atoms in total. The summed E-state index contributed by atoms with van der Waals surface area (Å²) in [6.07, 6.45) is 7.24. The quantitative estimate of drug-likeness (QED) is 0.288. The van der Waals surface area contributed by atoms with E-state index < -0.39 is 10.8 Å². The minimum absolute atomic E-state index is 0.0202. The first kappa shape index (κ1) is 23.2. The second-order valence-electron chi connectivity index (χ2n) is 8.49. The summed E-state index contributed by atoms with van der Waals surface area (Å²) in [5, 5.41) is 17.4. The van der Waals surface area contributed by atoms with Crippen molar-refractivity contribution in [3.05, 3.63) is 76.3 Å². The fraction of sp³-hybridized carbons (Fsp3) is 0.308. The molecule has 0 heterocycles. The number of fused-ring (bicyclic) bond motifs is 1. The Labute approximate surface area is 198 Å². The van der Waals surface area contributed by atoms with Crippen molar-refractivity contribution in [1.82, 2.24) is 5.43 Å². The van der Waals surface area contributed by atoms with E-state index in [1.807, 2.05) is 49.5 Å². The molecule has 0 bridgehead atoms. The van der Waals surface area contributed by atoms with Crippen LogP contribution in [0.3, 0.4) is 0 Å². The number of ether oxygens (including phenoxy) is 1. The molecule has 1 saturated carbocycles. The lowest BCUT2D eigenvalue weighted by Crippen LogP contribution is -2.34. The van der Waals surface area contributed by atoms with Crippen LogP contribution in [0.1, 0.15) is 37.7 Å². The highest BCUT2D eigenvalue weighted by molar-refractivity contribution is 5.90. The molecular formula is C26H28N4O4. The first-order chi connectivity index (χ1) is 16.5. The maximum absolute atomic E-state index is 12.2. The zero-order chi connectivity index (χ0) is 23.9. The fourth-order valence-electron chi connectivity index (χ4n) is 4.36. The van der Waals surface area contributed by atoms with Gasteiger partial charge in [-0.25, -0.2) is 5.43 Å². The minimum Gasteiger partial charge on any atom is -0.484 e. The number of nitro benzene ring substituents is 1. The third-order valence-electron chi connectivity index (χ3n) is 6.21. The lowest BCUT2D eigenvalue weighted by molar-refractivity contribution is -0.384. The van der Waals surface area contributed by atoms with Crippen molar-refractivity contribution >= 4 is 34.3 Å². The number of non-ortho nitro benzene ring substituents is 1. The van der Waals surface area contributed by atoms with E-state index in [-0.39, 0.29) is 12.3 Å². The molecule has 0 aromatic heterocycles. The number of amides is 1. The van der Waals surface area contributed by atoms with Gasteiger partial charge in [0.1, 0.15) is 5.75 Å². The molecule has 1 aliphatic carbocycles. The van der Waals surface area contributed by atoms with Gasteiger partial charge in [0.15, 0.2) is 6.61 Å². The number of hydrogen-bond donors (Lipinski definition) is 1. The SMILES string of the molecule is CN(c1ccc([N+](=O)[O-])cc1/C=N\NC(=O)COc1ccc2ccccc2c1)C1CCCCC1. The molecule has 1 aliphatic rings. The van der Waals surface area contributed by atoms with Gasteiger partial charge >= 0.3 is 0 Å². The van der Waals surface area contributed by atoms with Crippen LogP contribution in [-0.2, 0) is 4.79 Å². The van der Waals surface area contributed by atoms with Gasteiger partial charge in [-0.05, 0) is 41.8 Å². The van der Waals surface area contributed by atoms with Crippen LogP contribution in [0.25, 0.3) is 10.8 Å². The number of hydrazone groups is 1. The predicted octanol–water partition coefficient (Wildman–Crippen LogP) is 5.05. The van der Waals surface area contributed by atoms with E-state index in [2.05, 4.69) is 15.4 Å². The molecule has 4 rings (SSSR count). The molecule has 0 unspecified atom stereocenters. The van der Waals surface area contributed by atoms with Crippen LogP contribution in [0.5, 0.6) is 5.75 Å². The number of rotatable bonds is 8. The number of benzene rings is 3. The van der Waals surface area contributed by atoms with Crippen molar-refractivity contribution in [3.8, 4) is 5.75 Å². The second kappa shape index (κ2) is 10.8. The van der Waals surface area contributed by atoms with Gasteiger partial charge in [-0.3, -0.25) is 14.9 Å². The van der Waals surface area contributed by atoms with Gasteiger partial charge in [0.2, 0.25) is 0 Å². The van der Waals surface area contributed by atoms with E-state index in [1.165, 1.54) is 37.6 Å². The van der Waals surface area contributed by atoms with Gasteiger partial charge in [0, 0.05) is 36.5 Å². The first-order valence-corrected chi connectivity index (χ1v) is 11.5. The number of carbonyl (C=O) groups excluding carboxylic acids is 1. The highest BCUT2D eigenvalue weighted by atomic mass is 16.6. The zero-order valence-electron chi connectivity index (χ0n) is 19.1. The molecule has 1 N–H and O–H groups in total. The highest BCUT2D eigenvalue weighted by Crippen LogP contribution is 2.30. The van der Waals surface area contributed by atoms with Crippen LogP contribution in [0.2, 0.25) is 0 Å². The number of carbonyl (C=O) groups is 1. The Hall–Kier alpha value is -3.94. The standard InChI is InChI=1S/C26H28N4O4/c1-29(22-9-3-2-4-10-22)25-14-12-23(30(32)33)15-21(25)17-27-28-26(31)18-34-24-13-11-19-7-5-6-8-20(19)16-24/h5-8,11-17,22H,2-4,9-10,18H2,1H3,(H,28,31)/b27-17-. The normalized spacial score (nSPS) is 14.3. The molecule has 1 fully saturated rings. The molecular weight excluding hydrogens is 432 g/mol. The van der Waals surface area contributed by atoms with Gasteiger partial charge in [0.05, 0.1) is 11.1 Å². The molecule has 0 atom stereocenters. The van der Waals surface area contributed by atoms with Crippen molar-refractivity contribution in [2.45, 2.75) is 38.1 Å². The number of nitrogens with zero attached hydrogens (tertiary/aromatic N) is 3. The van der Waals surface area contributed by atoms with E-state index in [9.17, 15) is 14.9 Å². The molecule has 34 heavy (non-hydrogen) atoms. The molecule has 8 heteroatoms. The Balaban J connectivity index is 1.41. The lowest BCUT2D eigenvalue weighted by Gasteiger charge is -2.33. The molecule has 0 radical (unpaired) electrons. The molecule has 176 valence electrons. The molecule has 0 aliphatic heterocycles. The average Bonchev–Trinajstić information content (AvgIpc) is 2.87. The van der Waals surface area contributed by atoms with Crippen molar-refractivity contribution in [1.29, 1.82) is 0 Å². The van der Waals surface area contributed by atoms with Gasteiger partial charge in [-0.1, -0.05) is 49.6 Å². The molecule has 0 spiro atoms. The van der Waals surface area contributed by atoms with Crippen molar-refractivity contribution in [2.75, 3.05) is 18.6 Å². The zero-order valence-corrected chi connectivity index (χ0v) is 19.1. The molecule has 3 aromatic carbocycles. The predicted molar refractivity (Wildman–Crippen MR) is 134 cm³/mol. The summed E-state index contributed by atoms with van der Waals surface area (Å²) in [6.45, 7) is -0.195. The Kier molecular flexibility index (Phi) is 7.37. The third kappa shape index (κ3) is 5.70. The summed E-state index contributed by atoms with van der Waals surface area (Å²) in [5.74, 6) is 0.171. The van der Waals surface area contributed by atoms with Crippen LogP contribution >= 0.6 is 0 Å². The first-order valence-electron chi connectivity index (χ1n) is 11.5. The van der Waals surface area contributed by atoms with Crippen molar-refractivity contribution in [3.63, 3.8) is 0 Å². The van der Waals surface area contributed by atoms with E-state index in [0.29, 0.717) is 17.4 Å². The van der Waals surface area contributed by atoms with Crippen molar-refractivity contribution < 1.29 is 14.5 Å². The maximum Gasteiger partial charge on any atom is 0.277 e. The Bertz CT molecular complexity index is 1200. The summed E-state index contributed by atoms with van der Waals surface area (Å²) in [5.41, 5.74) is 3.86. The topological polar surface area (TPSA) is 97.1 Å². The molecule has 3 aromatic rings. The van der Waals surface area contributed by atoms with Gasteiger partial charge in [-0.15, -0.1) is 0 Å². The Morgan fingerprint density at radius 2 is 1.88 bits per heavy atom. The van der Waals surface area contributed by atoms with Crippen LogP contribution in [-0.4, -0.2) is 36.7 Å². The lowest BCUT2D eigenvalue weighted by atomic mass is 9.94. The third-order valence-corrected chi connectivity index (χ3v) is 6.21. The second-order valence-corrected chi connectivity index (χ2v) is 8.49. The Morgan fingerprint density at radius 1 is 1.12 bits per heavy atom. The van der Waals surface area contributed by atoms with Gasteiger partial charge < -0.3 is 9.64 Å². The summed E-state index contributed by atoms with van der Waals surface area (Å²) in [7, 11) is 2.00. The maximum atomic E-state index is 12.2. The summed E-state index contributed by atoms with van der Waals surface area (Å²) >= 11 is 0. The average molecular weight is 461 g/mol. The van der Waals surface area contributed by atoms with Gasteiger partial charge in [0.25, 0.3) is 11.6 Å². The number of anilines is 1. The van der Waals surface area contributed by atoms with E-state index >= 15 is 0 Å². The van der Waals surface area contributed by atoms with E-state index in [4.69, 9.17) is 4.74 Å². The highest BCUT2D eigenvalue weighted by Gasteiger charge is 2.21. The summed E-state index contributed by atoms with van der Waals surface area (Å²) in [6, 6.07) is 18.6. The van der Waals surface area contributed by atoms with Crippen molar-refractivity contribution in [2.24, 2.45) is 5.10 Å².